The predicted octanol–water partition coefficient (Wildman–Crippen LogP) is 2.00. The Morgan fingerprint density at radius 2 is 1.88 bits per heavy atom. The van der Waals surface area contributed by atoms with Gasteiger partial charge in [-0.3, -0.25) is 9.48 Å². The molecule has 0 aliphatic heterocycles. The highest BCUT2D eigenvalue weighted by Crippen LogP contribution is 2.15. The van der Waals surface area contributed by atoms with Crippen LogP contribution in [-0.4, -0.2) is 48.5 Å². The Balaban J connectivity index is 1.31. The molecule has 0 atom stereocenters. The zero-order chi connectivity index (χ0) is 23.2. The Morgan fingerprint density at radius 1 is 1.06 bits per heavy atom. The zero-order valence-corrected chi connectivity index (χ0v) is 18.3. The van der Waals surface area contributed by atoms with Gasteiger partial charge in [-0.15, -0.1) is 5.10 Å². The second kappa shape index (κ2) is 9.86. The monoisotopic (exact) mass is 445 g/mol. The van der Waals surface area contributed by atoms with Crippen LogP contribution in [0.2, 0.25) is 0 Å². The van der Waals surface area contributed by atoms with Crippen LogP contribution < -0.4 is 5.32 Å². The van der Waals surface area contributed by atoms with Crippen LogP contribution in [0.4, 0.5) is 0 Å². The number of aromatic nitrogens is 6. The summed E-state index contributed by atoms with van der Waals surface area (Å²) < 4.78 is 8.51. The molecule has 2 aromatic heterocycles. The van der Waals surface area contributed by atoms with Gasteiger partial charge >= 0.3 is 5.97 Å². The Labute approximate surface area is 190 Å². The van der Waals surface area contributed by atoms with Crippen molar-refractivity contribution in [2.45, 2.75) is 26.9 Å². The number of tetrazole rings is 1. The van der Waals surface area contributed by atoms with E-state index in [4.69, 9.17) is 4.74 Å². The number of hydrogen-bond acceptors (Lipinski definition) is 7. The Morgan fingerprint density at radius 3 is 2.64 bits per heavy atom. The number of aryl methyl sites for hydroxylation is 1. The molecule has 0 bridgehead atoms. The number of ether oxygens (including phenoxy) is 1. The van der Waals surface area contributed by atoms with Gasteiger partial charge in [-0.05, 0) is 48.0 Å². The molecular formula is C23H23N7O3. The first-order valence-electron chi connectivity index (χ1n) is 10.4. The van der Waals surface area contributed by atoms with Gasteiger partial charge in [-0.2, -0.15) is 5.10 Å². The van der Waals surface area contributed by atoms with Crippen LogP contribution in [0.15, 0.2) is 60.9 Å². The third-order valence-electron chi connectivity index (χ3n) is 5.20. The molecule has 33 heavy (non-hydrogen) atoms. The van der Waals surface area contributed by atoms with E-state index in [1.165, 1.54) is 11.0 Å². The van der Waals surface area contributed by atoms with Crippen LogP contribution in [0.3, 0.4) is 0 Å². The topological polar surface area (TPSA) is 117 Å². The van der Waals surface area contributed by atoms with E-state index in [0.717, 1.165) is 22.5 Å². The SMILES string of the molecule is Cc1nn(Cc2ccccc2)c(C)c1CNC(=O)COC(=O)c1cccc(-n2cnnn2)c1. The van der Waals surface area contributed by atoms with E-state index in [1.54, 1.807) is 24.3 Å². The van der Waals surface area contributed by atoms with E-state index in [0.29, 0.717) is 24.3 Å². The number of amides is 1. The standard InChI is InChI=1S/C23H23N7O3/c1-16-21(17(2)29(26-16)13-18-7-4-3-5-8-18)12-24-22(31)14-33-23(32)19-9-6-10-20(11-19)30-15-25-27-28-30/h3-11,15H,12-14H2,1-2H3,(H,24,31). The summed E-state index contributed by atoms with van der Waals surface area (Å²) in [4.78, 5) is 24.6. The van der Waals surface area contributed by atoms with Crippen LogP contribution in [0.1, 0.15) is 32.9 Å². The molecule has 10 nitrogen and oxygen atoms in total. The number of nitrogens with one attached hydrogen (secondary N) is 1. The lowest BCUT2D eigenvalue weighted by Gasteiger charge is -2.09. The van der Waals surface area contributed by atoms with Crippen LogP contribution >= 0.6 is 0 Å². The fourth-order valence-electron chi connectivity index (χ4n) is 3.41. The fourth-order valence-corrected chi connectivity index (χ4v) is 3.41. The van der Waals surface area contributed by atoms with Crippen LogP contribution in [-0.2, 0) is 22.6 Å². The number of benzene rings is 2. The molecule has 10 heteroatoms. The van der Waals surface area contributed by atoms with Crippen molar-refractivity contribution in [2.75, 3.05) is 6.61 Å². The van der Waals surface area contributed by atoms with Crippen molar-refractivity contribution in [3.05, 3.63) is 89.0 Å². The maximum Gasteiger partial charge on any atom is 0.338 e. The maximum atomic E-state index is 12.4. The van der Waals surface area contributed by atoms with Gasteiger partial charge < -0.3 is 10.1 Å². The van der Waals surface area contributed by atoms with E-state index < -0.39 is 11.9 Å². The van der Waals surface area contributed by atoms with E-state index in [1.807, 2.05) is 48.9 Å². The molecule has 0 aliphatic carbocycles. The molecule has 2 aromatic carbocycles. The molecule has 4 rings (SSSR count). The van der Waals surface area contributed by atoms with Crippen molar-refractivity contribution < 1.29 is 14.3 Å². The van der Waals surface area contributed by atoms with Gasteiger partial charge in [0.1, 0.15) is 6.33 Å². The first-order valence-corrected chi connectivity index (χ1v) is 10.4. The molecule has 168 valence electrons. The van der Waals surface area contributed by atoms with E-state index >= 15 is 0 Å². The molecule has 0 spiro atoms. The Hall–Kier alpha value is -4.34. The highest BCUT2D eigenvalue weighted by molar-refractivity contribution is 5.91. The predicted molar refractivity (Wildman–Crippen MR) is 119 cm³/mol. The minimum absolute atomic E-state index is 0.296. The lowest BCUT2D eigenvalue weighted by atomic mass is 10.2. The molecule has 2 heterocycles. The van der Waals surface area contributed by atoms with Gasteiger partial charge in [0.25, 0.3) is 5.91 Å². The van der Waals surface area contributed by atoms with Crippen LogP contribution in [0.25, 0.3) is 5.69 Å². The summed E-state index contributed by atoms with van der Waals surface area (Å²) in [7, 11) is 0. The summed E-state index contributed by atoms with van der Waals surface area (Å²) in [6.45, 7) is 4.46. The average Bonchev–Trinajstić information content (AvgIpc) is 3.46. The third-order valence-corrected chi connectivity index (χ3v) is 5.20. The van der Waals surface area contributed by atoms with Gasteiger partial charge in [0.2, 0.25) is 0 Å². The first-order chi connectivity index (χ1) is 16.0. The van der Waals surface area contributed by atoms with E-state index in [-0.39, 0.29) is 6.61 Å². The molecule has 0 radical (unpaired) electrons. The summed E-state index contributed by atoms with van der Waals surface area (Å²) in [6.07, 6.45) is 1.42. The molecule has 0 saturated carbocycles. The number of carbonyl (C=O) groups is 2. The number of esters is 1. The minimum Gasteiger partial charge on any atom is -0.452 e. The third kappa shape index (κ3) is 5.29. The van der Waals surface area contributed by atoms with Crippen LogP contribution in [0.5, 0.6) is 0 Å². The fraction of sp³-hybridized carbons (Fsp3) is 0.217. The smallest absolute Gasteiger partial charge is 0.338 e. The lowest BCUT2D eigenvalue weighted by Crippen LogP contribution is -2.28. The van der Waals surface area contributed by atoms with Crippen molar-refractivity contribution in [2.24, 2.45) is 0 Å². The van der Waals surface area contributed by atoms with Gasteiger partial charge in [0.15, 0.2) is 6.61 Å². The summed E-state index contributed by atoms with van der Waals surface area (Å²) in [6, 6.07) is 16.7. The van der Waals surface area contributed by atoms with Crippen LogP contribution in [0, 0.1) is 13.8 Å². The lowest BCUT2D eigenvalue weighted by molar-refractivity contribution is -0.124. The summed E-state index contributed by atoms with van der Waals surface area (Å²) >= 11 is 0. The molecule has 0 unspecified atom stereocenters. The largest absolute Gasteiger partial charge is 0.452 e. The van der Waals surface area contributed by atoms with Crippen molar-refractivity contribution >= 4 is 11.9 Å². The molecule has 0 aliphatic rings. The second-order valence-corrected chi connectivity index (χ2v) is 7.45. The van der Waals surface area contributed by atoms with Gasteiger partial charge in [0.05, 0.1) is 23.5 Å². The molecule has 0 saturated heterocycles. The maximum absolute atomic E-state index is 12.4. The van der Waals surface area contributed by atoms with Crippen molar-refractivity contribution in [3.8, 4) is 5.69 Å². The molecule has 0 fully saturated rings. The first kappa shape index (κ1) is 21.9. The molecular weight excluding hydrogens is 422 g/mol. The highest BCUT2D eigenvalue weighted by Gasteiger charge is 2.15. The van der Waals surface area contributed by atoms with Crippen molar-refractivity contribution in [1.29, 1.82) is 0 Å². The number of carbonyl (C=O) groups excluding carboxylic acids is 2. The number of rotatable bonds is 8. The van der Waals surface area contributed by atoms with E-state index in [9.17, 15) is 9.59 Å². The highest BCUT2D eigenvalue weighted by atomic mass is 16.5. The second-order valence-electron chi connectivity index (χ2n) is 7.45. The van der Waals surface area contributed by atoms with Gasteiger partial charge in [-0.1, -0.05) is 36.4 Å². The molecule has 1 N–H and O–H groups in total. The quantitative estimate of drug-likeness (QED) is 0.412. The summed E-state index contributed by atoms with van der Waals surface area (Å²) in [5.41, 5.74) is 4.82. The Kier molecular flexibility index (Phi) is 6.53. The van der Waals surface area contributed by atoms with Gasteiger partial charge in [-0.25, -0.2) is 9.48 Å². The summed E-state index contributed by atoms with van der Waals surface area (Å²) in [5.74, 6) is -1.00. The number of hydrogen-bond donors (Lipinski definition) is 1. The molecule has 4 aromatic rings. The van der Waals surface area contributed by atoms with E-state index in [2.05, 4.69) is 25.9 Å². The van der Waals surface area contributed by atoms with Crippen molar-refractivity contribution in [1.82, 2.24) is 35.3 Å². The molecule has 1 amide bonds. The zero-order valence-electron chi connectivity index (χ0n) is 18.3. The average molecular weight is 445 g/mol. The van der Waals surface area contributed by atoms with Gasteiger partial charge in [0, 0.05) is 17.8 Å². The van der Waals surface area contributed by atoms with Crippen molar-refractivity contribution in [3.63, 3.8) is 0 Å². The normalized spacial score (nSPS) is 10.7. The number of nitrogens with zero attached hydrogens (tertiary/aromatic N) is 6. The minimum atomic E-state index is -0.608. The summed E-state index contributed by atoms with van der Waals surface area (Å²) in [5, 5.41) is 18.3. The Bertz CT molecular complexity index is 1250.